The van der Waals surface area contributed by atoms with Crippen LogP contribution >= 0.6 is 0 Å². The summed E-state index contributed by atoms with van der Waals surface area (Å²) in [7, 11) is 0. The van der Waals surface area contributed by atoms with Gasteiger partial charge in [0.15, 0.2) is 5.65 Å². The van der Waals surface area contributed by atoms with Crippen LogP contribution in [0.5, 0.6) is 0 Å². The van der Waals surface area contributed by atoms with Crippen LogP contribution in [-0.2, 0) is 12.6 Å². The summed E-state index contributed by atoms with van der Waals surface area (Å²) in [5.41, 5.74) is 4.77. The molecule has 4 aromatic rings. The van der Waals surface area contributed by atoms with E-state index in [1.54, 1.807) is 10.6 Å². The summed E-state index contributed by atoms with van der Waals surface area (Å²) in [5.74, 6) is 0.645. The van der Waals surface area contributed by atoms with Gasteiger partial charge < -0.3 is 10.0 Å². The quantitative estimate of drug-likeness (QED) is 0.302. The number of halogens is 3. The topological polar surface area (TPSA) is 53.7 Å². The Bertz CT molecular complexity index is 1400. The number of fused-ring (bicyclic) bond motifs is 1. The molecule has 3 heterocycles. The van der Waals surface area contributed by atoms with Gasteiger partial charge in [0.25, 0.3) is 0 Å². The molecule has 8 heteroatoms. The fourth-order valence-corrected chi connectivity index (χ4v) is 5.12. The number of hydrogen-bond acceptors (Lipinski definition) is 4. The monoisotopic (exact) mass is 508 g/mol. The van der Waals surface area contributed by atoms with E-state index in [1.807, 2.05) is 37.3 Å². The SMILES string of the molecule is CCCCc1nn2c(-c3cccc(C(F)(F)F)c3)cc(N3CCCC3CO)nc2c1-c1ccc(C)cc1. The smallest absolute Gasteiger partial charge is 0.394 e. The molecule has 194 valence electrons. The molecular weight excluding hydrogens is 477 g/mol. The van der Waals surface area contributed by atoms with Gasteiger partial charge in [0.1, 0.15) is 5.82 Å². The Morgan fingerprint density at radius 1 is 1.05 bits per heavy atom. The van der Waals surface area contributed by atoms with Gasteiger partial charge in [-0.3, -0.25) is 0 Å². The molecule has 1 aliphatic rings. The highest BCUT2D eigenvalue weighted by Gasteiger charge is 2.32. The van der Waals surface area contributed by atoms with Crippen molar-refractivity contribution in [1.82, 2.24) is 14.6 Å². The fraction of sp³-hybridized carbons (Fsp3) is 0.379. The predicted octanol–water partition coefficient (Wildman–Crippen LogP) is 6.69. The first-order chi connectivity index (χ1) is 17.8. The number of nitrogens with zero attached hydrogens (tertiary/aromatic N) is 4. The zero-order valence-electron chi connectivity index (χ0n) is 21.1. The number of alkyl halides is 3. The second-order valence-corrected chi connectivity index (χ2v) is 9.78. The minimum absolute atomic E-state index is 0.00240. The molecule has 0 aliphatic carbocycles. The van der Waals surface area contributed by atoms with Gasteiger partial charge in [-0.1, -0.05) is 55.3 Å². The van der Waals surface area contributed by atoms with E-state index in [0.29, 0.717) is 22.7 Å². The number of anilines is 1. The maximum atomic E-state index is 13.6. The van der Waals surface area contributed by atoms with Gasteiger partial charge >= 0.3 is 6.18 Å². The summed E-state index contributed by atoms with van der Waals surface area (Å²) in [6.45, 7) is 4.88. The van der Waals surface area contributed by atoms with Crippen molar-refractivity contribution < 1.29 is 18.3 Å². The Morgan fingerprint density at radius 3 is 2.54 bits per heavy atom. The third-order valence-electron chi connectivity index (χ3n) is 7.12. The molecule has 2 aromatic carbocycles. The summed E-state index contributed by atoms with van der Waals surface area (Å²) in [6.07, 6.45) is -0.0226. The van der Waals surface area contributed by atoms with Crippen LogP contribution in [0.2, 0.25) is 0 Å². The van der Waals surface area contributed by atoms with Crippen LogP contribution in [0.1, 0.15) is 49.4 Å². The Kier molecular flexibility index (Phi) is 6.94. The molecule has 0 bridgehead atoms. The van der Waals surface area contributed by atoms with Crippen molar-refractivity contribution in [2.24, 2.45) is 0 Å². The number of rotatable bonds is 7. The lowest BCUT2D eigenvalue weighted by Crippen LogP contribution is -2.32. The third kappa shape index (κ3) is 4.94. The molecule has 5 nitrogen and oxygen atoms in total. The minimum Gasteiger partial charge on any atom is -0.394 e. The second-order valence-electron chi connectivity index (χ2n) is 9.78. The van der Waals surface area contributed by atoms with E-state index in [2.05, 4.69) is 11.8 Å². The number of unbranched alkanes of at least 4 members (excludes halogenated alkanes) is 1. The van der Waals surface area contributed by atoms with Crippen molar-refractivity contribution >= 4 is 11.5 Å². The molecule has 5 rings (SSSR count). The molecule has 1 aliphatic heterocycles. The van der Waals surface area contributed by atoms with Gasteiger partial charge in [0.05, 0.1) is 29.6 Å². The zero-order valence-corrected chi connectivity index (χ0v) is 21.1. The van der Waals surface area contributed by atoms with Crippen molar-refractivity contribution in [1.29, 1.82) is 0 Å². The van der Waals surface area contributed by atoms with Crippen LogP contribution in [-0.4, -0.2) is 38.9 Å². The molecule has 0 amide bonds. The molecule has 2 aromatic heterocycles. The standard InChI is InChI=1S/C29H31F3N4O/c1-3-4-10-24-27(20-13-11-19(2)12-14-20)28-33-26(35-15-6-9-23(35)18-37)17-25(36(28)34-24)21-7-5-8-22(16-21)29(30,31)32/h5,7-8,11-14,16-17,23,37H,3-4,6,9-10,15,18H2,1-2H3. The van der Waals surface area contributed by atoms with Crippen LogP contribution in [0.3, 0.4) is 0 Å². The average molecular weight is 509 g/mol. The van der Waals surface area contributed by atoms with Gasteiger partial charge in [-0.25, -0.2) is 9.50 Å². The van der Waals surface area contributed by atoms with Crippen molar-refractivity contribution in [3.8, 4) is 22.4 Å². The molecule has 0 radical (unpaired) electrons. The highest BCUT2D eigenvalue weighted by molar-refractivity contribution is 5.83. The van der Waals surface area contributed by atoms with E-state index in [9.17, 15) is 18.3 Å². The van der Waals surface area contributed by atoms with Crippen molar-refractivity contribution in [2.45, 2.75) is 58.2 Å². The lowest BCUT2D eigenvalue weighted by Gasteiger charge is -2.25. The third-order valence-corrected chi connectivity index (χ3v) is 7.12. The molecular formula is C29H31F3N4O. The molecule has 1 N–H and O–H groups in total. The highest BCUT2D eigenvalue weighted by Crippen LogP contribution is 2.37. The first kappa shape index (κ1) is 25.3. The van der Waals surface area contributed by atoms with Crippen molar-refractivity contribution in [3.05, 3.63) is 71.4 Å². The molecule has 1 unspecified atom stereocenters. The van der Waals surface area contributed by atoms with Gasteiger partial charge in [0, 0.05) is 23.7 Å². The molecule has 0 spiro atoms. The lowest BCUT2D eigenvalue weighted by molar-refractivity contribution is -0.137. The van der Waals surface area contributed by atoms with E-state index in [1.165, 1.54) is 12.1 Å². The largest absolute Gasteiger partial charge is 0.416 e. The molecule has 1 saturated heterocycles. The van der Waals surface area contributed by atoms with Gasteiger partial charge in [0.2, 0.25) is 0 Å². The molecule has 0 saturated carbocycles. The van der Waals surface area contributed by atoms with E-state index in [4.69, 9.17) is 10.1 Å². The summed E-state index contributed by atoms with van der Waals surface area (Å²) in [6, 6.07) is 15.3. The number of aliphatic hydroxyl groups is 1. The number of hydrogen-bond donors (Lipinski definition) is 1. The highest BCUT2D eigenvalue weighted by atomic mass is 19.4. The Morgan fingerprint density at radius 2 is 1.84 bits per heavy atom. The Hall–Kier alpha value is -3.39. The lowest BCUT2D eigenvalue weighted by atomic mass is 10.0. The molecule has 1 fully saturated rings. The van der Waals surface area contributed by atoms with Crippen LogP contribution in [0.15, 0.2) is 54.6 Å². The zero-order chi connectivity index (χ0) is 26.2. The summed E-state index contributed by atoms with van der Waals surface area (Å²) >= 11 is 0. The van der Waals surface area contributed by atoms with E-state index in [0.717, 1.165) is 67.1 Å². The number of aryl methyl sites for hydroxylation is 2. The first-order valence-electron chi connectivity index (χ1n) is 12.8. The summed E-state index contributed by atoms with van der Waals surface area (Å²) < 4.78 is 42.5. The number of benzene rings is 2. The minimum atomic E-state index is -4.45. The van der Waals surface area contributed by atoms with Gasteiger partial charge in [-0.05, 0) is 50.3 Å². The summed E-state index contributed by atoms with van der Waals surface area (Å²) in [4.78, 5) is 7.10. The van der Waals surface area contributed by atoms with Crippen LogP contribution in [0, 0.1) is 6.92 Å². The predicted molar refractivity (Wildman–Crippen MR) is 140 cm³/mol. The van der Waals surface area contributed by atoms with Crippen molar-refractivity contribution in [2.75, 3.05) is 18.1 Å². The second kappa shape index (κ2) is 10.2. The maximum absolute atomic E-state index is 13.6. The van der Waals surface area contributed by atoms with E-state index in [-0.39, 0.29) is 12.6 Å². The number of aromatic nitrogens is 3. The van der Waals surface area contributed by atoms with Crippen LogP contribution in [0.4, 0.5) is 19.0 Å². The summed E-state index contributed by atoms with van der Waals surface area (Å²) in [5, 5.41) is 14.9. The Balaban J connectivity index is 1.80. The van der Waals surface area contributed by atoms with Gasteiger partial charge in [-0.15, -0.1) is 0 Å². The maximum Gasteiger partial charge on any atom is 0.416 e. The molecule has 37 heavy (non-hydrogen) atoms. The van der Waals surface area contributed by atoms with Crippen molar-refractivity contribution in [3.63, 3.8) is 0 Å². The Labute approximate surface area is 214 Å². The van der Waals surface area contributed by atoms with Crippen LogP contribution in [0.25, 0.3) is 28.0 Å². The van der Waals surface area contributed by atoms with Crippen LogP contribution < -0.4 is 4.90 Å². The van der Waals surface area contributed by atoms with E-state index >= 15 is 0 Å². The number of aliphatic hydroxyl groups excluding tert-OH is 1. The van der Waals surface area contributed by atoms with Gasteiger partial charge in [-0.2, -0.15) is 18.3 Å². The normalized spacial score (nSPS) is 16.2. The fourth-order valence-electron chi connectivity index (χ4n) is 5.12. The van der Waals surface area contributed by atoms with E-state index < -0.39 is 11.7 Å². The first-order valence-corrected chi connectivity index (χ1v) is 12.8. The average Bonchev–Trinajstić information content (AvgIpc) is 3.51. The molecule has 1 atom stereocenters.